The lowest BCUT2D eigenvalue weighted by atomic mass is 9.96. The van der Waals surface area contributed by atoms with Crippen molar-refractivity contribution in [3.63, 3.8) is 0 Å². The molecular formula is C11H13N3S. The van der Waals surface area contributed by atoms with Gasteiger partial charge in [-0.25, -0.2) is 0 Å². The average molecular weight is 219 g/mol. The zero-order valence-corrected chi connectivity index (χ0v) is 9.26. The van der Waals surface area contributed by atoms with Crippen molar-refractivity contribution in [2.45, 2.75) is 18.8 Å². The molecule has 3 nitrogen and oxygen atoms in total. The van der Waals surface area contributed by atoms with Crippen LogP contribution in [0.5, 0.6) is 0 Å². The van der Waals surface area contributed by atoms with E-state index in [0.29, 0.717) is 0 Å². The summed E-state index contributed by atoms with van der Waals surface area (Å²) < 4.78 is 1.26. The Bertz CT molecular complexity index is 427. The van der Waals surface area contributed by atoms with Crippen LogP contribution in [-0.4, -0.2) is 23.3 Å². The van der Waals surface area contributed by atoms with Gasteiger partial charge in [-0.15, -0.1) is 16.4 Å². The molecule has 1 fully saturated rings. The molecule has 1 N–H and O–H groups in total. The van der Waals surface area contributed by atoms with Crippen molar-refractivity contribution >= 4 is 21.6 Å². The van der Waals surface area contributed by atoms with Crippen LogP contribution in [0.1, 0.15) is 23.6 Å². The average Bonchev–Trinajstić information content (AvgIpc) is 2.74. The van der Waals surface area contributed by atoms with Crippen LogP contribution in [0.2, 0.25) is 0 Å². The van der Waals surface area contributed by atoms with Crippen LogP contribution in [0.3, 0.4) is 0 Å². The summed E-state index contributed by atoms with van der Waals surface area (Å²) in [5.41, 5.74) is 1.05. The lowest BCUT2D eigenvalue weighted by Gasteiger charge is -2.21. The number of rotatable bonds is 1. The number of piperidine rings is 1. The molecule has 3 rings (SSSR count). The van der Waals surface area contributed by atoms with Gasteiger partial charge in [-0.3, -0.25) is 0 Å². The van der Waals surface area contributed by atoms with E-state index in [1.807, 2.05) is 11.3 Å². The molecule has 4 heteroatoms. The third-order valence-corrected chi connectivity index (χ3v) is 4.21. The van der Waals surface area contributed by atoms with Crippen LogP contribution in [0, 0.1) is 0 Å². The first-order chi connectivity index (χ1) is 7.43. The first-order valence-electron chi connectivity index (χ1n) is 5.35. The summed E-state index contributed by atoms with van der Waals surface area (Å²) in [6.07, 6.45) is 4.27. The van der Waals surface area contributed by atoms with Gasteiger partial charge in [-0.2, -0.15) is 5.10 Å². The monoisotopic (exact) mass is 219 g/mol. The predicted molar refractivity (Wildman–Crippen MR) is 62.3 cm³/mol. The Kier molecular flexibility index (Phi) is 2.38. The van der Waals surface area contributed by atoms with Gasteiger partial charge in [0.25, 0.3) is 0 Å². The highest BCUT2D eigenvalue weighted by Crippen LogP contribution is 2.33. The van der Waals surface area contributed by atoms with Crippen LogP contribution < -0.4 is 5.32 Å². The zero-order valence-electron chi connectivity index (χ0n) is 8.44. The fourth-order valence-electron chi connectivity index (χ4n) is 2.12. The molecule has 0 atom stereocenters. The fraction of sp³-hybridized carbons (Fsp3) is 0.455. The van der Waals surface area contributed by atoms with Crippen LogP contribution in [0.4, 0.5) is 0 Å². The van der Waals surface area contributed by atoms with E-state index in [-0.39, 0.29) is 0 Å². The normalized spacial score (nSPS) is 18.4. The summed E-state index contributed by atoms with van der Waals surface area (Å²) in [5, 5.41) is 11.5. The van der Waals surface area contributed by atoms with Gasteiger partial charge in [0, 0.05) is 4.88 Å². The third kappa shape index (κ3) is 1.75. The summed E-state index contributed by atoms with van der Waals surface area (Å²) in [7, 11) is 0. The molecule has 0 aromatic carbocycles. The molecule has 0 radical (unpaired) electrons. The molecule has 0 aliphatic carbocycles. The van der Waals surface area contributed by atoms with Crippen LogP contribution in [0.15, 0.2) is 18.3 Å². The number of nitrogens with one attached hydrogen (secondary N) is 1. The Balaban J connectivity index is 1.96. The topological polar surface area (TPSA) is 37.8 Å². The van der Waals surface area contributed by atoms with Crippen molar-refractivity contribution in [1.82, 2.24) is 15.5 Å². The number of fused-ring (bicyclic) bond motifs is 1. The number of hydrogen-bond donors (Lipinski definition) is 1. The van der Waals surface area contributed by atoms with E-state index in [0.717, 1.165) is 24.5 Å². The van der Waals surface area contributed by atoms with Gasteiger partial charge in [0.05, 0.1) is 10.9 Å². The van der Waals surface area contributed by atoms with E-state index in [4.69, 9.17) is 0 Å². The summed E-state index contributed by atoms with van der Waals surface area (Å²) >= 11 is 1.87. The highest BCUT2D eigenvalue weighted by atomic mass is 32.1. The highest BCUT2D eigenvalue weighted by Gasteiger charge is 2.17. The summed E-state index contributed by atoms with van der Waals surface area (Å²) in [5.74, 6) is 0.727. The number of aromatic nitrogens is 2. The Labute approximate surface area is 92.5 Å². The first kappa shape index (κ1) is 9.24. The van der Waals surface area contributed by atoms with Crippen molar-refractivity contribution in [2.75, 3.05) is 13.1 Å². The SMILES string of the molecule is c1cc2sc(C3CCNCC3)cc2nn1. The highest BCUT2D eigenvalue weighted by molar-refractivity contribution is 7.19. The second kappa shape index (κ2) is 3.87. The summed E-state index contributed by atoms with van der Waals surface area (Å²) in [4.78, 5) is 1.48. The van der Waals surface area contributed by atoms with E-state index in [1.54, 1.807) is 6.20 Å². The molecule has 2 aromatic rings. The van der Waals surface area contributed by atoms with Gasteiger partial charge < -0.3 is 5.32 Å². The van der Waals surface area contributed by atoms with Crippen LogP contribution >= 0.6 is 11.3 Å². The summed E-state index contributed by atoms with van der Waals surface area (Å²) in [6.45, 7) is 2.29. The second-order valence-corrected chi connectivity index (χ2v) is 5.07. The maximum atomic E-state index is 4.14. The minimum absolute atomic E-state index is 0.727. The largest absolute Gasteiger partial charge is 0.317 e. The quantitative estimate of drug-likeness (QED) is 0.798. The van der Waals surface area contributed by atoms with E-state index in [1.165, 1.54) is 22.4 Å². The molecule has 0 saturated carbocycles. The number of thiophene rings is 1. The molecule has 3 heterocycles. The second-order valence-electron chi connectivity index (χ2n) is 3.95. The van der Waals surface area contributed by atoms with E-state index in [9.17, 15) is 0 Å². The third-order valence-electron chi connectivity index (χ3n) is 2.96. The lowest BCUT2D eigenvalue weighted by molar-refractivity contribution is 0.465. The maximum absolute atomic E-state index is 4.14. The van der Waals surface area contributed by atoms with Crippen molar-refractivity contribution < 1.29 is 0 Å². The van der Waals surface area contributed by atoms with Gasteiger partial charge in [0.15, 0.2) is 0 Å². The first-order valence-corrected chi connectivity index (χ1v) is 6.17. The number of nitrogens with zero attached hydrogens (tertiary/aromatic N) is 2. The molecule has 78 valence electrons. The van der Waals surface area contributed by atoms with Crippen molar-refractivity contribution in [2.24, 2.45) is 0 Å². The zero-order chi connectivity index (χ0) is 10.1. The van der Waals surface area contributed by atoms with Crippen molar-refractivity contribution in [1.29, 1.82) is 0 Å². The predicted octanol–water partition coefficient (Wildman–Crippen LogP) is 2.16. The Hall–Kier alpha value is -1.00. The minimum Gasteiger partial charge on any atom is -0.317 e. The molecule has 2 aromatic heterocycles. The molecule has 0 amide bonds. The molecule has 15 heavy (non-hydrogen) atoms. The molecule has 0 spiro atoms. The Morgan fingerprint density at radius 1 is 1.33 bits per heavy atom. The Morgan fingerprint density at radius 2 is 2.20 bits per heavy atom. The maximum Gasteiger partial charge on any atom is 0.104 e. The van der Waals surface area contributed by atoms with E-state index >= 15 is 0 Å². The van der Waals surface area contributed by atoms with E-state index in [2.05, 4.69) is 27.6 Å². The Morgan fingerprint density at radius 3 is 3.00 bits per heavy atom. The molecule has 0 unspecified atom stereocenters. The van der Waals surface area contributed by atoms with Gasteiger partial charge in [0.2, 0.25) is 0 Å². The molecular weight excluding hydrogens is 206 g/mol. The fourth-order valence-corrected chi connectivity index (χ4v) is 3.28. The summed E-state index contributed by atoms with van der Waals surface area (Å²) in [6, 6.07) is 4.26. The molecule has 1 aliphatic heterocycles. The van der Waals surface area contributed by atoms with Crippen molar-refractivity contribution in [3.8, 4) is 0 Å². The van der Waals surface area contributed by atoms with E-state index < -0.39 is 0 Å². The standard InChI is InChI=1S/C11H13N3S/c1-4-12-5-2-8(1)11-7-9-10(15-11)3-6-13-14-9/h3,6-8,12H,1-2,4-5H2. The van der Waals surface area contributed by atoms with Gasteiger partial charge >= 0.3 is 0 Å². The molecule has 1 saturated heterocycles. The van der Waals surface area contributed by atoms with Crippen molar-refractivity contribution in [3.05, 3.63) is 23.2 Å². The smallest absolute Gasteiger partial charge is 0.104 e. The van der Waals surface area contributed by atoms with Gasteiger partial charge in [-0.05, 0) is 44.0 Å². The minimum atomic E-state index is 0.727. The van der Waals surface area contributed by atoms with Gasteiger partial charge in [-0.1, -0.05) is 0 Å². The lowest BCUT2D eigenvalue weighted by Crippen LogP contribution is -2.26. The van der Waals surface area contributed by atoms with Crippen LogP contribution in [0.25, 0.3) is 10.2 Å². The van der Waals surface area contributed by atoms with Crippen LogP contribution in [-0.2, 0) is 0 Å². The molecule has 1 aliphatic rings. The van der Waals surface area contributed by atoms with Gasteiger partial charge in [0.1, 0.15) is 5.52 Å². The molecule has 0 bridgehead atoms. The number of hydrogen-bond acceptors (Lipinski definition) is 4.